The number of fused-ring (bicyclic) bond motifs is 1. The molecule has 1 amide bonds. The van der Waals surface area contributed by atoms with E-state index < -0.39 is 6.09 Å². The van der Waals surface area contributed by atoms with Gasteiger partial charge in [-0.05, 0) is 50.1 Å². The first-order chi connectivity index (χ1) is 14.1. The van der Waals surface area contributed by atoms with Crippen LogP contribution in [-0.2, 0) is 13.0 Å². The van der Waals surface area contributed by atoms with Crippen LogP contribution in [-0.4, -0.2) is 75.1 Å². The van der Waals surface area contributed by atoms with Crippen LogP contribution in [0.4, 0.5) is 4.79 Å². The van der Waals surface area contributed by atoms with Gasteiger partial charge in [0.25, 0.3) is 0 Å². The molecule has 1 fully saturated rings. The van der Waals surface area contributed by atoms with Gasteiger partial charge in [0.05, 0.1) is 23.5 Å². The van der Waals surface area contributed by atoms with Crippen molar-refractivity contribution in [1.82, 2.24) is 24.7 Å². The number of nitrogens with zero attached hydrogens (tertiary/aromatic N) is 5. The van der Waals surface area contributed by atoms with Gasteiger partial charge in [-0.2, -0.15) is 0 Å². The molecule has 0 radical (unpaired) electrons. The van der Waals surface area contributed by atoms with Crippen LogP contribution in [0.2, 0.25) is 0 Å². The van der Waals surface area contributed by atoms with Gasteiger partial charge in [0.15, 0.2) is 0 Å². The number of hydrogen-bond acceptors (Lipinski definition) is 5. The summed E-state index contributed by atoms with van der Waals surface area (Å²) < 4.78 is 0. The molecular weight excluding hydrogens is 366 g/mol. The molecule has 3 heterocycles. The monoisotopic (exact) mass is 395 g/mol. The van der Waals surface area contributed by atoms with Gasteiger partial charge < -0.3 is 10.0 Å². The second-order valence-corrected chi connectivity index (χ2v) is 8.08. The first-order valence-corrected chi connectivity index (χ1v) is 10.4. The Labute approximate surface area is 172 Å². The van der Waals surface area contributed by atoms with Crippen molar-refractivity contribution in [2.75, 3.05) is 33.2 Å². The van der Waals surface area contributed by atoms with E-state index in [1.807, 2.05) is 36.7 Å². The number of carbonyl (C=O) groups is 1. The maximum atomic E-state index is 11.9. The molecule has 2 aromatic heterocycles. The maximum absolute atomic E-state index is 11.9. The van der Waals surface area contributed by atoms with Crippen molar-refractivity contribution in [3.63, 3.8) is 0 Å². The van der Waals surface area contributed by atoms with Gasteiger partial charge in [-0.25, -0.2) is 4.79 Å². The molecule has 0 bridgehead atoms. The van der Waals surface area contributed by atoms with Crippen LogP contribution >= 0.6 is 0 Å². The molecule has 7 nitrogen and oxygen atoms in total. The van der Waals surface area contributed by atoms with Gasteiger partial charge in [0, 0.05) is 45.1 Å². The minimum Gasteiger partial charge on any atom is -0.465 e. The predicted octanol–water partition coefficient (Wildman–Crippen LogP) is 2.65. The number of amides is 1. The lowest BCUT2D eigenvalue weighted by Gasteiger charge is -2.43. The van der Waals surface area contributed by atoms with Crippen molar-refractivity contribution in [3.8, 4) is 0 Å². The summed E-state index contributed by atoms with van der Waals surface area (Å²) in [6, 6.07) is 10.3. The topological polar surface area (TPSA) is 72.8 Å². The minimum absolute atomic E-state index is 0.0657. The minimum atomic E-state index is -0.831. The molecule has 29 heavy (non-hydrogen) atoms. The number of aryl methyl sites for hydroxylation is 1. The molecule has 1 N–H and O–H groups in total. The highest BCUT2D eigenvalue weighted by Gasteiger charge is 2.34. The molecule has 0 spiro atoms. The summed E-state index contributed by atoms with van der Waals surface area (Å²) in [7, 11) is 2.10. The Kier molecular flexibility index (Phi) is 6.06. The Hall–Kier alpha value is -2.51. The van der Waals surface area contributed by atoms with Crippen LogP contribution in [0.5, 0.6) is 0 Å². The first-order valence-electron chi connectivity index (χ1n) is 10.4. The molecule has 154 valence electrons. The molecule has 1 aliphatic heterocycles. The molecule has 2 atom stereocenters. The van der Waals surface area contributed by atoms with Gasteiger partial charge in [0.2, 0.25) is 0 Å². The van der Waals surface area contributed by atoms with Crippen molar-refractivity contribution in [2.24, 2.45) is 0 Å². The van der Waals surface area contributed by atoms with E-state index in [4.69, 9.17) is 0 Å². The van der Waals surface area contributed by atoms with Crippen molar-refractivity contribution < 1.29 is 9.90 Å². The highest BCUT2D eigenvalue weighted by molar-refractivity contribution is 5.65. The lowest BCUT2D eigenvalue weighted by atomic mass is 9.91. The fourth-order valence-electron chi connectivity index (χ4n) is 4.67. The highest BCUT2D eigenvalue weighted by atomic mass is 16.4. The lowest BCUT2D eigenvalue weighted by Crippen LogP contribution is -2.58. The average Bonchev–Trinajstić information content (AvgIpc) is 2.74. The molecule has 2 aliphatic rings. The lowest BCUT2D eigenvalue weighted by molar-refractivity contribution is 0.0423. The van der Waals surface area contributed by atoms with Crippen LogP contribution in [0.1, 0.15) is 35.8 Å². The van der Waals surface area contributed by atoms with Gasteiger partial charge in [-0.1, -0.05) is 12.1 Å². The van der Waals surface area contributed by atoms with Crippen LogP contribution in [0.3, 0.4) is 0 Å². The zero-order valence-electron chi connectivity index (χ0n) is 16.9. The molecule has 1 saturated heterocycles. The van der Waals surface area contributed by atoms with Gasteiger partial charge in [-0.3, -0.25) is 19.8 Å². The summed E-state index contributed by atoms with van der Waals surface area (Å²) in [5, 5.41) is 9.73. The fourth-order valence-corrected chi connectivity index (χ4v) is 4.67. The molecule has 0 aromatic carbocycles. The van der Waals surface area contributed by atoms with E-state index in [1.54, 1.807) is 4.90 Å². The zero-order valence-corrected chi connectivity index (χ0v) is 16.9. The Morgan fingerprint density at radius 2 is 2.07 bits per heavy atom. The van der Waals surface area contributed by atoms with Gasteiger partial charge in [0.1, 0.15) is 0 Å². The van der Waals surface area contributed by atoms with Crippen molar-refractivity contribution in [1.29, 1.82) is 0 Å². The third-order valence-electron chi connectivity index (χ3n) is 6.12. The summed E-state index contributed by atoms with van der Waals surface area (Å²) in [4.78, 5) is 27.1. The smallest absolute Gasteiger partial charge is 0.407 e. The maximum Gasteiger partial charge on any atom is 0.407 e. The Balaban J connectivity index is 1.46. The van der Waals surface area contributed by atoms with E-state index in [0.717, 1.165) is 50.3 Å². The van der Waals surface area contributed by atoms with Crippen LogP contribution in [0.15, 0.2) is 42.7 Å². The average molecular weight is 396 g/mol. The SMILES string of the molecule is CN(C[C@@H]1CN(Cc2ccccn2)CCN1C(=O)O)[C@H]1CCCc2cccnc21. The Morgan fingerprint density at radius 1 is 1.21 bits per heavy atom. The number of hydrogen-bond donors (Lipinski definition) is 1. The van der Waals surface area contributed by atoms with E-state index in [0.29, 0.717) is 13.1 Å². The van der Waals surface area contributed by atoms with E-state index >= 15 is 0 Å². The predicted molar refractivity (Wildman–Crippen MR) is 111 cm³/mol. The normalized spacial score (nSPS) is 22.5. The summed E-state index contributed by atoms with van der Waals surface area (Å²) in [6.07, 6.45) is 6.13. The Morgan fingerprint density at radius 3 is 2.86 bits per heavy atom. The molecule has 0 saturated carbocycles. The van der Waals surface area contributed by atoms with Crippen LogP contribution < -0.4 is 0 Å². The summed E-state index contributed by atoms with van der Waals surface area (Å²) in [5.41, 5.74) is 3.50. The number of pyridine rings is 2. The van der Waals surface area contributed by atoms with Gasteiger partial charge >= 0.3 is 6.09 Å². The number of carboxylic acid groups (broad SMARTS) is 1. The zero-order chi connectivity index (χ0) is 20.2. The van der Waals surface area contributed by atoms with Gasteiger partial charge in [-0.15, -0.1) is 0 Å². The Bertz CT molecular complexity index is 831. The number of piperazine rings is 1. The van der Waals surface area contributed by atoms with Crippen molar-refractivity contribution in [2.45, 2.75) is 37.9 Å². The molecular formula is C22H29N5O2. The second kappa shape index (κ2) is 8.88. The van der Waals surface area contributed by atoms with Crippen molar-refractivity contribution >= 4 is 6.09 Å². The van der Waals surface area contributed by atoms with E-state index in [2.05, 4.69) is 32.9 Å². The summed E-state index contributed by atoms with van der Waals surface area (Å²) in [5.74, 6) is 0. The standard InChI is InChI=1S/C22H29N5O2/c1-25(20-9-4-6-17-7-5-11-24-21(17)20)15-19-16-26(12-13-27(19)22(28)29)14-18-8-2-3-10-23-18/h2-3,5,7-8,10-11,19-20H,4,6,9,12-16H2,1H3,(H,28,29)/t19-,20+/m1/s1. The third-order valence-corrected chi connectivity index (χ3v) is 6.12. The van der Waals surface area contributed by atoms with E-state index in [9.17, 15) is 9.90 Å². The fraction of sp³-hybridized carbons (Fsp3) is 0.500. The third kappa shape index (κ3) is 4.57. The molecule has 1 aliphatic carbocycles. The first kappa shape index (κ1) is 19.8. The summed E-state index contributed by atoms with van der Waals surface area (Å²) >= 11 is 0. The summed E-state index contributed by atoms with van der Waals surface area (Å²) in [6.45, 7) is 3.43. The number of rotatable bonds is 5. The molecule has 7 heteroatoms. The second-order valence-electron chi connectivity index (χ2n) is 8.08. The van der Waals surface area contributed by atoms with Crippen molar-refractivity contribution in [3.05, 3.63) is 59.7 Å². The largest absolute Gasteiger partial charge is 0.465 e. The van der Waals surface area contributed by atoms with E-state index in [1.165, 1.54) is 5.56 Å². The number of aromatic nitrogens is 2. The van der Waals surface area contributed by atoms with Crippen LogP contribution in [0, 0.1) is 0 Å². The molecule has 2 aromatic rings. The molecule has 4 rings (SSSR count). The van der Waals surface area contributed by atoms with Crippen LogP contribution in [0.25, 0.3) is 0 Å². The highest BCUT2D eigenvalue weighted by Crippen LogP contribution is 2.32. The number of likely N-dealkylation sites (N-methyl/N-ethyl adjacent to an activating group) is 1. The van der Waals surface area contributed by atoms with E-state index in [-0.39, 0.29) is 12.1 Å². The molecule has 0 unspecified atom stereocenters. The quantitative estimate of drug-likeness (QED) is 0.839.